The van der Waals surface area contributed by atoms with Crippen LogP contribution in [0.4, 0.5) is 4.79 Å². The summed E-state index contributed by atoms with van der Waals surface area (Å²) in [6.07, 6.45) is 3.67. The number of rotatable bonds is 13. The zero-order valence-corrected chi connectivity index (χ0v) is 31.3. The average Bonchev–Trinajstić information content (AvgIpc) is 3.78. The fourth-order valence-corrected chi connectivity index (χ4v) is 8.68. The topological polar surface area (TPSA) is 144 Å². The summed E-state index contributed by atoms with van der Waals surface area (Å²) in [6, 6.07) is 15.2. The number of carbonyl (C=O) groups excluding carboxylic acids is 2. The van der Waals surface area contributed by atoms with E-state index in [0.29, 0.717) is 24.0 Å². The van der Waals surface area contributed by atoms with Gasteiger partial charge in [-0.25, -0.2) is 22.7 Å². The van der Waals surface area contributed by atoms with Crippen molar-refractivity contribution in [3.8, 4) is 16.9 Å². The number of sulfonamides is 1. The van der Waals surface area contributed by atoms with E-state index < -0.39 is 33.7 Å². The van der Waals surface area contributed by atoms with Crippen molar-refractivity contribution in [2.45, 2.75) is 95.2 Å². The molecule has 1 aliphatic heterocycles. The Morgan fingerprint density at radius 3 is 2.29 bits per heavy atom. The number of esters is 1. The van der Waals surface area contributed by atoms with Gasteiger partial charge >= 0.3 is 12.1 Å². The smallest absolute Gasteiger partial charge is 0.407 e. The minimum absolute atomic E-state index is 0.0122. The number of nitrogens with zero attached hydrogens (tertiary/aromatic N) is 1. The number of carbonyl (C=O) groups is 2. The van der Waals surface area contributed by atoms with Crippen LogP contribution in [0, 0.1) is 20.8 Å². The fourth-order valence-electron chi connectivity index (χ4n) is 7.11. The molecule has 3 aromatic carbocycles. The highest BCUT2D eigenvalue weighted by atomic mass is 32.2. The van der Waals surface area contributed by atoms with E-state index in [1.54, 1.807) is 6.92 Å². The number of alkyl carbamates (subject to hydrolysis) is 1. The van der Waals surface area contributed by atoms with E-state index in [1.165, 1.54) is 6.08 Å². The van der Waals surface area contributed by atoms with Crippen LogP contribution in [-0.2, 0) is 30.7 Å². The van der Waals surface area contributed by atoms with Crippen molar-refractivity contribution >= 4 is 28.0 Å². The number of fused-ring (bicyclic) bond motifs is 4. The summed E-state index contributed by atoms with van der Waals surface area (Å²) in [4.78, 5) is 30.9. The molecule has 6 rings (SSSR count). The summed E-state index contributed by atoms with van der Waals surface area (Å²) < 4.78 is 47.7. The first kappa shape index (κ1) is 36.9. The molecule has 1 amide bonds. The maximum Gasteiger partial charge on any atom is 0.407 e. The number of benzene rings is 3. The molecule has 0 unspecified atom stereocenters. The number of aliphatic imine (C=N–C) groups is 1. The van der Waals surface area contributed by atoms with E-state index >= 15 is 0 Å². The van der Waals surface area contributed by atoms with Crippen LogP contribution >= 0.6 is 0 Å². The number of nitrogens with one attached hydrogen (secondary N) is 3. The van der Waals surface area contributed by atoms with Crippen molar-refractivity contribution in [1.29, 1.82) is 0 Å². The molecule has 276 valence electrons. The highest BCUT2D eigenvalue weighted by molar-refractivity contribution is 7.90. The lowest BCUT2D eigenvalue weighted by molar-refractivity contribution is -0.145. The van der Waals surface area contributed by atoms with Crippen LogP contribution in [-0.4, -0.2) is 63.9 Å². The maximum atomic E-state index is 13.9. The fraction of sp³-hybridized carbons (Fsp3) is 0.425. The van der Waals surface area contributed by atoms with Crippen LogP contribution in [0.3, 0.4) is 0 Å². The lowest BCUT2D eigenvalue weighted by Crippen LogP contribution is -2.43. The molecule has 52 heavy (non-hydrogen) atoms. The third-order valence-corrected chi connectivity index (χ3v) is 11.5. The average molecular weight is 729 g/mol. The van der Waals surface area contributed by atoms with Gasteiger partial charge in [-0.15, -0.1) is 0 Å². The van der Waals surface area contributed by atoms with Crippen LogP contribution < -0.4 is 20.1 Å². The van der Waals surface area contributed by atoms with Gasteiger partial charge in [-0.3, -0.25) is 4.99 Å². The van der Waals surface area contributed by atoms with E-state index in [0.717, 1.165) is 52.0 Å². The third kappa shape index (κ3) is 7.96. The van der Waals surface area contributed by atoms with Gasteiger partial charge in [0.25, 0.3) is 10.0 Å². The molecule has 0 saturated heterocycles. The highest BCUT2D eigenvalue weighted by Crippen LogP contribution is 2.45. The first-order valence-corrected chi connectivity index (χ1v) is 19.3. The monoisotopic (exact) mass is 728 g/mol. The van der Waals surface area contributed by atoms with Gasteiger partial charge in [-0.05, 0) is 99.2 Å². The maximum absolute atomic E-state index is 13.9. The largest absolute Gasteiger partial charge is 0.487 e. The minimum atomic E-state index is -4.02. The van der Waals surface area contributed by atoms with Gasteiger partial charge in [0.15, 0.2) is 0 Å². The van der Waals surface area contributed by atoms with E-state index in [2.05, 4.69) is 39.1 Å². The van der Waals surface area contributed by atoms with Crippen LogP contribution in [0.1, 0.15) is 78.8 Å². The Kier molecular flexibility index (Phi) is 10.7. The quantitative estimate of drug-likeness (QED) is 0.0628. The molecule has 3 aliphatic rings. The Hall–Kier alpha value is -4.84. The molecule has 2 aliphatic carbocycles. The lowest BCUT2D eigenvalue weighted by Gasteiger charge is -2.20. The summed E-state index contributed by atoms with van der Waals surface area (Å²) in [5, 5.41) is 5.88. The number of ether oxygens (including phenoxy) is 3. The molecule has 1 saturated carbocycles. The number of hydrogen-bond donors (Lipinski definition) is 3. The Morgan fingerprint density at radius 2 is 1.65 bits per heavy atom. The Morgan fingerprint density at radius 1 is 1.00 bits per heavy atom. The molecule has 1 atom stereocenters. The molecular formula is C40H48N4O7S. The highest BCUT2D eigenvalue weighted by Gasteiger charge is 2.37. The molecule has 12 heteroatoms. The summed E-state index contributed by atoms with van der Waals surface area (Å²) in [5.74, 6) is 0.149. The standard InChI is InChI=1S/C40H48N4O7S/c1-7-21-49-37(45)34(43-39(46)50-23-33-30-15-10-8-13-28(30)29-14-9-11-16-31(29)33)17-12-20-41-38(42-27-18-19-27)44-52(47,48)36-25(3)24(2)35-32(26(36)4)22-40(5,6)51-35/h7-11,13-16,27,33-34H,1,12,17-23H2,2-6H3,(H,43,46)(H2,41,42,44)/t34-/m0/s1. The molecule has 3 N–H and O–H groups in total. The van der Waals surface area contributed by atoms with Gasteiger partial charge in [-0.1, -0.05) is 61.2 Å². The molecule has 3 aromatic rings. The summed E-state index contributed by atoms with van der Waals surface area (Å²) >= 11 is 0. The number of amides is 1. The lowest BCUT2D eigenvalue weighted by atomic mass is 9.94. The van der Waals surface area contributed by atoms with Crippen LogP contribution in [0.25, 0.3) is 11.1 Å². The summed E-state index contributed by atoms with van der Waals surface area (Å²) in [7, 11) is -4.02. The molecule has 0 radical (unpaired) electrons. The van der Waals surface area contributed by atoms with Crippen molar-refractivity contribution in [1.82, 2.24) is 15.4 Å². The molecule has 11 nitrogen and oxygen atoms in total. The molecule has 1 fully saturated rings. The van der Waals surface area contributed by atoms with Gasteiger partial charge in [0.05, 0.1) is 4.90 Å². The molecular weight excluding hydrogens is 681 g/mol. The van der Waals surface area contributed by atoms with Crippen molar-refractivity contribution in [3.05, 3.63) is 94.6 Å². The molecule has 0 aromatic heterocycles. The van der Waals surface area contributed by atoms with Gasteiger partial charge in [-0.2, -0.15) is 0 Å². The van der Waals surface area contributed by atoms with Gasteiger partial charge in [0.2, 0.25) is 5.96 Å². The summed E-state index contributed by atoms with van der Waals surface area (Å²) in [6.45, 7) is 13.4. The zero-order chi connectivity index (χ0) is 37.2. The zero-order valence-electron chi connectivity index (χ0n) is 30.5. The Bertz CT molecular complexity index is 1970. The predicted octanol–water partition coefficient (Wildman–Crippen LogP) is 6.13. The SMILES string of the molecule is C=CCOC(=O)[C@H](CCCN=C(NC1CC1)NS(=O)(=O)c1c(C)c(C)c2c(c1C)CC(C)(C)O2)NC(=O)OCC1c2ccccc2-c2ccccc21. The number of guanidine groups is 1. The van der Waals surface area contributed by atoms with E-state index in [1.807, 2.05) is 64.1 Å². The minimum Gasteiger partial charge on any atom is -0.487 e. The summed E-state index contributed by atoms with van der Waals surface area (Å²) in [5.41, 5.74) is 6.98. The third-order valence-electron chi connectivity index (χ3n) is 9.89. The van der Waals surface area contributed by atoms with Crippen molar-refractivity contribution in [3.63, 3.8) is 0 Å². The van der Waals surface area contributed by atoms with E-state index in [9.17, 15) is 18.0 Å². The van der Waals surface area contributed by atoms with Crippen LogP contribution in [0.5, 0.6) is 5.75 Å². The second-order valence-electron chi connectivity index (χ2n) is 14.4. The van der Waals surface area contributed by atoms with Crippen molar-refractivity contribution in [2.75, 3.05) is 19.8 Å². The second kappa shape index (κ2) is 15.0. The first-order valence-electron chi connectivity index (χ1n) is 17.8. The molecule has 0 bridgehead atoms. The van der Waals surface area contributed by atoms with Crippen molar-refractivity contribution in [2.24, 2.45) is 4.99 Å². The normalized spacial score (nSPS) is 16.5. The van der Waals surface area contributed by atoms with Gasteiger partial charge in [0.1, 0.15) is 30.6 Å². The van der Waals surface area contributed by atoms with Crippen LogP contribution in [0.15, 0.2) is 71.1 Å². The number of hydrogen-bond acceptors (Lipinski definition) is 8. The van der Waals surface area contributed by atoms with Crippen LogP contribution in [0.2, 0.25) is 0 Å². The molecule has 0 spiro atoms. The van der Waals surface area contributed by atoms with E-state index in [-0.39, 0.29) is 49.0 Å². The second-order valence-corrected chi connectivity index (χ2v) is 16.0. The van der Waals surface area contributed by atoms with Gasteiger partial charge < -0.3 is 24.8 Å². The Balaban J connectivity index is 1.11. The van der Waals surface area contributed by atoms with Crippen molar-refractivity contribution < 1.29 is 32.2 Å². The van der Waals surface area contributed by atoms with Gasteiger partial charge in [0, 0.05) is 30.5 Å². The molecule has 1 heterocycles. The predicted molar refractivity (Wildman–Crippen MR) is 200 cm³/mol. The Labute approximate surface area is 306 Å². The van der Waals surface area contributed by atoms with E-state index in [4.69, 9.17) is 14.2 Å². The first-order chi connectivity index (χ1) is 24.8.